The van der Waals surface area contributed by atoms with Gasteiger partial charge in [-0.1, -0.05) is 0 Å². The quantitative estimate of drug-likeness (QED) is 0.517. The first-order chi connectivity index (χ1) is 4.77. The van der Waals surface area contributed by atoms with E-state index >= 15 is 0 Å². The molecule has 1 aliphatic rings. The molecule has 0 N–H and O–H groups in total. The molecule has 1 rings (SSSR count). The molecule has 1 fully saturated rings. The average Bonchev–Trinajstić information content (AvgIpc) is 1.91. The highest BCUT2D eigenvalue weighted by molar-refractivity contribution is 4.90. The Morgan fingerprint density at radius 3 is 1.18 bits per heavy atom. The molecule has 0 amide bonds. The zero-order chi connectivity index (χ0) is 8.86. The van der Waals surface area contributed by atoms with Crippen LogP contribution in [0.4, 0.5) is 26.3 Å². The van der Waals surface area contributed by atoms with E-state index in [0.29, 0.717) is 0 Å². The Morgan fingerprint density at radius 2 is 1.09 bits per heavy atom. The van der Waals surface area contributed by atoms with Crippen molar-refractivity contribution in [2.75, 3.05) is 0 Å². The van der Waals surface area contributed by atoms with Gasteiger partial charge in [-0.2, -0.15) is 17.6 Å². The molecule has 0 aromatic heterocycles. The van der Waals surface area contributed by atoms with Gasteiger partial charge in [0.05, 0.1) is 0 Å². The van der Waals surface area contributed by atoms with E-state index in [0.717, 1.165) is 0 Å². The monoisotopic (exact) mass is 180 g/mol. The summed E-state index contributed by atoms with van der Waals surface area (Å²) in [6, 6.07) is 0. The fourth-order valence-corrected chi connectivity index (χ4v) is 0.635. The molecule has 1 heterocycles. The number of halogens is 6. The van der Waals surface area contributed by atoms with E-state index in [1.165, 1.54) is 0 Å². The van der Waals surface area contributed by atoms with Gasteiger partial charge in [0.25, 0.3) is 0 Å². The molecule has 0 aromatic carbocycles. The van der Waals surface area contributed by atoms with Crippen molar-refractivity contribution in [3.63, 3.8) is 0 Å². The highest BCUT2D eigenvalue weighted by Gasteiger charge is 2.69. The summed E-state index contributed by atoms with van der Waals surface area (Å²) in [4.78, 5) is 0. The lowest BCUT2D eigenvalue weighted by atomic mass is 10.2. The molecular weight excluding hydrogens is 178 g/mol. The first-order valence-electron chi connectivity index (χ1n) is 2.51. The highest BCUT2D eigenvalue weighted by atomic mass is 19.3. The Kier molecular flexibility index (Phi) is 1.59. The van der Waals surface area contributed by atoms with Gasteiger partial charge in [0, 0.05) is 0 Å². The van der Waals surface area contributed by atoms with Gasteiger partial charge in [-0.3, -0.25) is 4.74 Å². The van der Waals surface area contributed by atoms with Crippen LogP contribution < -0.4 is 0 Å². The fraction of sp³-hybridized carbons (Fsp3) is 1.00. The number of hydrogen-bond donors (Lipinski definition) is 0. The minimum absolute atomic E-state index is 2.54. The van der Waals surface area contributed by atoms with Crippen molar-refractivity contribution in [3.05, 3.63) is 0 Å². The van der Waals surface area contributed by atoms with Gasteiger partial charge in [0.2, 0.25) is 12.3 Å². The summed E-state index contributed by atoms with van der Waals surface area (Å²) in [5.41, 5.74) is 0. The predicted molar refractivity (Wildman–Crippen MR) is 20.8 cm³/mol. The van der Waals surface area contributed by atoms with E-state index in [9.17, 15) is 26.3 Å². The van der Waals surface area contributed by atoms with Gasteiger partial charge in [-0.15, -0.1) is 0 Å². The molecule has 0 spiro atoms. The third kappa shape index (κ3) is 1.17. The first kappa shape index (κ1) is 8.63. The molecule has 1 aliphatic heterocycles. The Balaban J connectivity index is 2.86. The summed E-state index contributed by atoms with van der Waals surface area (Å²) in [5.74, 6) is 0. The van der Waals surface area contributed by atoms with Crippen LogP contribution in [-0.2, 0) is 4.74 Å². The van der Waals surface area contributed by atoms with Crippen LogP contribution in [0.5, 0.6) is 0 Å². The Labute approximate surface area is 56.9 Å². The summed E-state index contributed by atoms with van der Waals surface area (Å²) < 4.78 is 73.3. The number of alkyl halides is 6. The molecule has 2 atom stereocenters. The highest BCUT2D eigenvalue weighted by Crippen LogP contribution is 2.45. The van der Waals surface area contributed by atoms with Crippen molar-refractivity contribution in [2.24, 2.45) is 0 Å². The van der Waals surface area contributed by atoms with Crippen molar-refractivity contribution in [1.82, 2.24) is 0 Å². The van der Waals surface area contributed by atoms with E-state index in [2.05, 4.69) is 4.74 Å². The smallest absolute Gasteiger partial charge is 0.250 e. The van der Waals surface area contributed by atoms with Crippen molar-refractivity contribution < 1.29 is 31.1 Å². The second-order valence-corrected chi connectivity index (χ2v) is 2.03. The molecule has 0 aliphatic carbocycles. The second-order valence-electron chi connectivity index (χ2n) is 2.03. The molecular formula is C4H2F6O. The maximum absolute atomic E-state index is 11.9. The number of rotatable bonds is 0. The van der Waals surface area contributed by atoms with E-state index in [4.69, 9.17) is 0 Å². The van der Waals surface area contributed by atoms with Crippen LogP contribution in [0.15, 0.2) is 0 Å². The summed E-state index contributed by atoms with van der Waals surface area (Å²) in [6.07, 6.45) is -16.7. The predicted octanol–water partition coefficient (Wildman–Crippen LogP) is 1.88. The van der Waals surface area contributed by atoms with Gasteiger partial charge in [0.15, 0.2) is 0 Å². The van der Waals surface area contributed by atoms with Crippen LogP contribution in [0, 0.1) is 0 Å². The van der Waals surface area contributed by atoms with Crippen LogP contribution in [-0.4, -0.2) is 24.6 Å². The van der Waals surface area contributed by atoms with Crippen LogP contribution in [0.25, 0.3) is 0 Å². The van der Waals surface area contributed by atoms with E-state index in [1.807, 2.05) is 0 Å². The Bertz CT molecular complexity index is 150. The summed E-state index contributed by atoms with van der Waals surface area (Å²) in [6.45, 7) is 0. The van der Waals surface area contributed by atoms with Crippen molar-refractivity contribution in [1.29, 1.82) is 0 Å². The summed E-state index contributed by atoms with van der Waals surface area (Å²) >= 11 is 0. The lowest BCUT2D eigenvalue weighted by Crippen LogP contribution is -2.30. The Morgan fingerprint density at radius 1 is 0.818 bits per heavy atom. The second kappa shape index (κ2) is 2.02. The Hall–Kier alpha value is -0.460. The number of ether oxygens (including phenoxy) is 1. The third-order valence-electron chi connectivity index (χ3n) is 1.17. The van der Waals surface area contributed by atoms with Crippen LogP contribution in [0.1, 0.15) is 0 Å². The van der Waals surface area contributed by atoms with Crippen molar-refractivity contribution in [2.45, 2.75) is 24.6 Å². The van der Waals surface area contributed by atoms with E-state index < -0.39 is 24.6 Å². The molecule has 0 aromatic rings. The average molecular weight is 180 g/mol. The lowest BCUT2D eigenvalue weighted by molar-refractivity contribution is -0.341. The van der Waals surface area contributed by atoms with E-state index in [1.54, 1.807) is 0 Å². The van der Waals surface area contributed by atoms with Gasteiger partial charge in [-0.05, 0) is 0 Å². The van der Waals surface area contributed by atoms with Crippen LogP contribution >= 0.6 is 0 Å². The maximum atomic E-state index is 11.9. The third-order valence-corrected chi connectivity index (χ3v) is 1.17. The molecule has 7 heteroatoms. The fourth-order valence-electron chi connectivity index (χ4n) is 0.635. The topological polar surface area (TPSA) is 9.23 Å². The van der Waals surface area contributed by atoms with Crippen LogP contribution in [0.2, 0.25) is 0 Å². The minimum Gasteiger partial charge on any atom is -0.250 e. The molecule has 0 radical (unpaired) electrons. The van der Waals surface area contributed by atoms with Crippen molar-refractivity contribution in [3.8, 4) is 0 Å². The van der Waals surface area contributed by atoms with Crippen LogP contribution in [0.3, 0.4) is 0 Å². The lowest BCUT2D eigenvalue weighted by Gasteiger charge is -2.09. The molecule has 0 unspecified atom stereocenters. The first-order valence-corrected chi connectivity index (χ1v) is 2.51. The molecule has 1 saturated heterocycles. The maximum Gasteiger partial charge on any atom is 0.394 e. The van der Waals surface area contributed by atoms with Gasteiger partial charge in [0.1, 0.15) is 0 Å². The zero-order valence-corrected chi connectivity index (χ0v) is 4.83. The molecule has 11 heavy (non-hydrogen) atoms. The van der Waals surface area contributed by atoms with Gasteiger partial charge < -0.3 is 0 Å². The standard InChI is InChI=1S/C4H2F6O/c5-1-2(6)4(9,10)11-3(1,7)8/h1-2H/t1-,2+. The zero-order valence-electron chi connectivity index (χ0n) is 4.83. The molecule has 1 nitrogen and oxygen atoms in total. The molecule has 66 valence electrons. The SMILES string of the molecule is F[C@@H]1[C@H](F)C(F)(F)OC1(F)F. The summed E-state index contributed by atoms with van der Waals surface area (Å²) in [5, 5.41) is 0. The van der Waals surface area contributed by atoms with Crippen molar-refractivity contribution >= 4 is 0 Å². The number of hydrogen-bond acceptors (Lipinski definition) is 1. The largest absolute Gasteiger partial charge is 0.394 e. The normalized spacial score (nSPS) is 40.9. The summed E-state index contributed by atoms with van der Waals surface area (Å²) in [7, 11) is 0. The minimum atomic E-state index is -4.73. The molecule has 0 bridgehead atoms. The van der Waals surface area contributed by atoms with Gasteiger partial charge >= 0.3 is 12.2 Å². The van der Waals surface area contributed by atoms with E-state index in [-0.39, 0.29) is 0 Å². The van der Waals surface area contributed by atoms with Gasteiger partial charge in [-0.25, -0.2) is 8.78 Å². The molecule has 0 saturated carbocycles.